The van der Waals surface area contributed by atoms with Crippen molar-refractivity contribution in [1.29, 1.82) is 0 Å². The normalized spacial score (nSPS) is 20.8. The van der Waals surface area contributed by atoms with Crippen molar-refractivity contribution in [2.45, 2.75) is 39.3 Å². The highest BCUT2D eigenvalue weighted by atomic mass is 16.5. The molecule has 1 N–H and O–H groups in total. The number of amides is 1. The lowest BCUT2D eigenvalue weighted by molar-refractivity contribution is -0.156. The lowest BCUT2D eigenvalue weighted by atomic mass is 9.92. The molecule has 0 radical (unpaired) electrons. The number of ether oxygens (including phenoxy) is 1. The molecule has 1 aliphatic heterocycles. The van der Waals surface area contributed by atoms with Crippen LogP contribution < -0.4 is 0 Å². The first-order valence-corrected chi connectivity index (χ1v) is 7.59. The number of nitrogens with zero attached hydrogens (tertiary/aromatic N) is 1. The van der Waals surface area contributed by atoms with Crippen LogP contribution in [-0.2, 0) is 20.7 Å². The number of esters is 1. The number of hydrogen-bond acceptors (Lipinski definition) is 3. The fourth-order valence-corrected chi connectivity index (χ4v) is 3.43. The van der Waals surface area contributed by atoms with Gasteiger partial charge in [-0.05, 0) is 25.5 Å². The molecule has 116 valence electrons. The van der Waals surface area contributed by atoms with E-state index < -0.39 is 6.04 Å². The Morgan fingerprint density at radius 1 is 1.36 bits per heavy atom. The summed E-state index contributed by atoms with van der Waals surface area (Å²) in [5.74, 6) is -0.449. The van der Waals surface area contributed by atoms with Gasteiger partial charge in [0.25, 0.3) is 0 Å². The minimum atomic E-state index is -0.556. The summed E-state index contributed by atoms with van der Waals surface area (Å²) >= 11 is 0. The lowest BCUT2D eigenvalue weighted by Gasteiger charge is -2.38. The molecule has 2 atom stereocenters. The molecule has 1 aliphatic rings. The molecule has 1 aromatic heterocycles. The van der Waals surface area contributed by atoms with Crippen LogP contribution in [0.2, 0.25) is 0 Å². The number of aromatic nitrogens is 1. The molecule has 5 nitrogen and oxygen atoms in total. The molecule has 2 unspecified atom stereocenters. The molecule has 2 aromatic rings. The second-order valence-corrected chi connectivity index (χ2v) is 5.64. The molecule has 5 heteroatoms. The summed E-state index contributed by atoms with van der Waals surface area (Å²) in [5.41, 5.74) is 3.16. The smallest absolute Gasteiger partial charge is 0.329 e. The second-order valence-electron chi connectivity index (χ2n) is 5.64. The van der Waals surface area contributed by atoms with E-state index >= 15 is 0 Å². The van der Waals surface area contributed by atoms with Gasteiger partial charge in [-0.25, -0.2) is 4.79 Å². The number of carbonyl (C=O) groups excluding carboxylic acids is 2. The van der Waals surface area contributed by atoms with E-state index in [-0.39, 0.29) is 17.9 Å². The summed E-state index contributed by atoms with van der Waals surface area (Å²) in [7, 11) is 0. The van der Waals surface area contributed by atoms with Crippen molar-refractivity contribution in [2.75, 3.05) is 6.61 Å². The van der Waals surface area contributed by atoms with Crippen molar-refractivity contribution >= 4 is 22.8 Å². The zero-order valence-electron chi connectivity index (χ0n) is 13.1. The summed E-state index contributed by atoms with van der Waals surface area (Å²) in [6, 6.07) is 7.28. The minimum absolute atomic E-state index is 0.116. The molecule has 0 saturated heterocycles. The summed E-state index contributed by atoms with van der Waals surface area (Å²) in [6.07, 6.45) is 0.488. The second kappa shape index (κ2) is 5.48. The van der Waals surface area contributed by atoms with Gasteiger partial charge in [-0.15, -0.1) is 0 Å². The first kappa shape index (κ1) is 14.6. The van der Waals surface area contributed by atoms with Crippen molar-refractivity contribution < 1.29 is 14.3 Å². The summed E-state index contributed by atoms with van der Waals surface area (Å²) in [5, 5.41) is 1.11. The number of aromatic amines is 1. The zero-order chi connectivity index (χ0) is 15.9. The van der Waals surface area contributed by atoms with Crippen molar-refractivity contribution in [1.82, 2.24) is 9.88 Å². The first-order valence-electron chi connectivity index (χ1n) is 7.59. The van der Waals surface area contributed by atoms with Gasteiger partial charge in [0.2, 0.25) is 5.91 Å². The number of rotatable bonds is 2. The molecule has 0 aliphatic carbocycles. The molecular weight excluding hydrogens is 280 g/mol. The maximum absolute atomic E-state index is 12.3. The average Bonchev–Trinajstić information content (AvgIpc) is 2.86. The Hall–Kier alpha value is -2.30. The van der Waals surface area contributed by atoms with E-state index in [1.54, 1.807) is 11.8 Å². The number of H-pyrrole nitrogens is 1. The Labute approximate surface area is 129 Å². The van der Waals surface area contributed by atoms with Crippen LogP contribution in [0.4, 0.5) is 0 Å². The van der Waals surface area contributed by atoms with E-state index in [2.05, 4.69) is 4.98 Å². The largest absolute Gasteiger partial charge is 0.464 e. The SMILES string of the molecule is CCOC(=O)C1Cc2c([nH]c3ccccc23)C(C)N1C(C)=O. The Morgan fingerprint density at radius 2 is 2.09 bits per heavy atom. The quantitative estimate of drug-likeness (QED) is 0.867. The maximum atomic E-state index is 12.3. The van der Waals surface area contributed by atoms with Crippen LogP contribution in [0.1, 0.15) is 38.1 Å². The third kappa shape index (κ3) is 2.17. The molecule has 2 heterocycles. The Kier molecular flexibility index (Phi) is 3.64. The van der Waals surface area contributed by atoms with E-state index in [0.717, 1.165) is 22.2 Å². The molecule has 0 bridgehead atoms. The molecule has 0 saturated carbocycles. The van der Waals surface area contributed by atoms with Crippen LogP contribution in [0.3, 0.4) is 0 Å². The van der Waals surface area contributed by atoms with E-state index in [1.165, 1.54) is 6.92 Å². The molecule has 1 aromatic carbocycles. The van der Waals surface area contributed by atoms with Gasteiger partial charge in [-0.2, -0.15) is 0 Å². The van der Waals surface area contributed by atoms with Crippen molar-refractivity contribution in [3.8, 4) is 0 Å². The molecule has 0 fully saturated rings. The van der Waals surface area contributed by atoms with E-state index in [0.29, 0.717) is 13.0 Å². The third-order valence-corrected chi connectivity index (χ3v) is 4.34. The predicted octanol–water partition coefficient (Wildman–Crippen LogP) is 2.57. The molecule has 1 amide bonds. The lowest BCUT2D eigenvalue weighted by Crippen LogP contribution is -2.50. The molecule has 0 spiro atoms. The standard InChI is InChI=1S/C17H20N2O3/c1-4-22-17(21)15-9-13-12-7-5-6-8-14(12)18-16(13)10(2)19(15)11(3)20/h5-8,10,15,18H,4,9H2,1-3H3. The molecule has 3 rings (SSSR count). The Bertz CT molecular complexity index is 735. The van der Waals surface area contributed by atoms with Gasteiger partial charge in [0.1, 0.15) is 6.04 Å². The van der Waals surface area contributed by atoms with Crippen molar-refractivity contribution in [3.63, 3.8) is 0 Å². The van der Waals surface area contributed by atoms with Crippen LogP contribution in [-0.4, -0.2) is 34.4 Å². The van der Waals surface area contributed by atoms with E-state index in [1.807, 2.05) is 31.2 Å². The molecule has 22 heavy (non-hydrogen) atoms. The number of nitrogens with one attached hydrogen (secondary N) is 1. The van der Waals surface area contributed by atoms with E-state index in [4.69, 9.17) is 4.74 Å². The number of fused-ring (bicyclic) bond motifs is 3. The summed E-state index contributed by atoms with van der Waals surface area (Å²) < 4.78 is 5.17. The summed E-state index contributed by atoms with van der Waals surface area (Å²) in [6.45, 7) is 5.53. The number of carbonyl (C=O) groups is 2. The monoisotopic (exact) mass is 300 g/mol. The average molecular weight is 300 g/mol. The van der Waals surface area contributed by atoms with Gasteiger partial charge >= 0.3 is 5.97 Å². The molecular formula is C17H20N2O3. The fourth-order valence-electron chi connectivity index (χ4n) is 3.43. The van der Waals surface area contributed by atoms with Gasteiger partial charge in [-0.1, -0.05) is 18.2 Å². The third-order valence-electron chi connectivity index (χ3n) is 4.34. The van der Waals surface area contributed by atoms with Gasteiger partial charge in [0, 0.05) is 29.9 Å². The van der Waals surface area contributed by atoms with Crippen LogP contribution in [0.25, 0.3) is 10.9 Å². The summed E-state index contributed by atoms with van der Waals surface area (Å²) in [4.78, 5) is 29.4. The number of hydrogen-bond donors (Lipinski definition) is 1. The number of para-hydroxylation sites is 1. The van der Waals surface area contributed by atoms with Crippen LogP contribution in [0.5, 0.6) is 0 Å². The Balaban J connectivity index is 2.11. The van der Waals surface area contributed by atoms with Gasteiger partial charge in [-0.3, -0.25) is 4.79 Å². The fraction of sp³-hybridized carbons (Fsp3) is 0.412. The zero-order valence-corrected chi connectivity index (χ0v) is 13.1. The highest BCUT2D eigenvalue weighted by Crippen LogP contribution is 2.37. The van der Waals surface area contributed by atoms with Crippen molar-refractivity contribution in [2.24, 2.45) is 0 Å². The van der Waals surface area contributed by atoms with Crippen LogP contribution >= 0.6 is 0 Å². The highest BCUT2D eigenvalue weighted by Gasteiger charge is 2.40. The van der Waals surface area contributed by atoms with Gasteiger partial charge in [0.05, 0.1) is 12.6 Å². The highest BCUT2D eigenvalue weighted by molar-refractivity contribution is 5.89. The Morgan fingerprint density at radius 3 is 2.77 bits per heavy atom. The van der Waals surface area contributed by atoms with Crippen LogP contribution in [0.15, 0.2) is 24.3 Å². The first-order chi connectivity index (χ1) is 10.5. The van der Waals surface area contributed by atoms with Crippen LogP contribution in [0, 0.1) is 0 Å². The van der Waals surface area contributed by atoms with E-state index in [9.17, 15) is 9.59 Å². The van der Waals surface area contributed by atoms with Gasteiger partial charge in [0.15, 0.2) is 0 Å². The van der Waals surface area contributed by atoms with Gasteiger partial charge < -0.3 is 14.6 Å². The predicted molar refractivity (Wildman–Crippen MR) is 83.4 cm³/mol. The minimum Gasteiger partial charge on any atom is -0.464 e. The topological polar surface area (TPSA) is 62.4 Å². The number of benzene rings is 1. The van der Waals surface area contributed by atoms with Crippen molar-refractivity contribution in [3.05, 3.63) is 35.5 Å². The maximum Gasteiger partial charge on any atom is 0.329 e.